The second-order valence-electron chi connectivity index (χ2n) is 13.0. The molecule has 0 radical (unpaired) electrons. The Morgan fingerprint density at radius 1 is 0.600 bits per heavy atom. The first kappa shape index (κ1) is 42.0. The van der Waals surface area contributed by atoms with E-state index < -0.39 is 11.2 Å². The largest absolute Gasteiger partial charge is 0.457 e. The summed E-state index contributed by atoms with van der Waals surface area (Å²) < 4.78 is 21.1. The lowest BCUT2D eigenvalue weighted by molar-refractivity contribution is -0.0407. The maximum atomic E-state index is 11.3. The van der Waals surface area contributed by atoms with Gasteiger partial charge in [-0.05, 0) is 85.6 Å². The van der Waals surface area contributed by atoms with E-state index in [1.807, 2.05) is 30.3 Å². The summed E-state index contributed by atoms with van der Waals surface area (Å²) in [5.74, 6) is 2.59. The van der Waals surface area contributed by atoms with E-state index in [2.05, 4.69) is 34.0 Å². The number of hydrogen-bond donors (Lipinski definition) is 1. The van der Waals surface area contributed by atoms with E-state index in [1.165, 1.54) is 12.7 Å². The van der Waals surface area contributed by atoms with Crippen LogP contribution >= 0.6 is 46.4 Å². The van der Waals surface area contributed by atoms with E-state index in [0.717, 1.165) is 37.7 Å². The van der Waals surface area contributed by atoms with Crippen LogP contribution in [0.1, 0.15) is 63.5 Å². The maximum absolute atomic E-state index is 11.3. The third kappa shape index (κ3) is 11.7. The number of methoxy groups -OCH3 is 1. The lowest BCUT2D eigenvalue weighted by Gasteiger charge is -2.34. The van der Waals surface area contributed by atoms with Crippen LogP contribution in [-0.2, 0) is 29.0 Å². The summed E-state index contributed by atoms with van der Waals surface area (Å²) in [6, 6.07) is 25.3. The third-order valence-electron chi connectivity index (χ3n) is 9.01. The zero-order chi connectivity index (χ0) is 39.3. The SMILES string of the molecule is CCCCC(Cn1cncn1)(OC)c1ccc(Oc2ccc(Cl)cc2)cc1Cl.CCCCC(O)(Cn1cncn1)c1ccc(Oc2ccc(Cl)cc2)cc1Cl. The quantitative estimate of drug-likeness (QED) is 0.0968. The van der Waals surface area contributed by atoms with E-state index in [-0.39, 0.29) is 6.54 Å². The van der Waals surface area contributed by atoms with Gasteiger partial charge in [0.2, 0.25) is 0 Å². The minimum atomic E-state index is -1.14. The summed E-state index contributed by atoms with van der Waals surface area (Å²) in [4.78, 5) is 7.99. The summed E-state index contributed by atoms with van der Waals surface area (Å²) in [5, 5.41) is 22.0. The lowest BCUT2D eigenvalue weighted by atomic mass is 9.88. The molecule has 2 aromatic heterocycles. The highest BCUT2D eigenvalue weighted by Gasteiger charge is 2.35. The van der Waals surface area contributed by atoms with Crippen molar-refractivity contribution in [3.8, 4) is 23.0 Å². The summed E-state index contributed by atoms with van der Waals surface area (Å²) in [7, 11) is 1.71. The van der Waals surface area contributed by atoms with Gasteiger partial charge in [-0.2, -0.15) is 10.2 Å². The van der Waals surface area contributed by atoms with Crippen molar-refractivity contribution < 1.29 is 19.3 Å². The van der Waals surface area contributed by atoms with Gasteiger partial charge in [-0.25, -0.2) is 19.3 Å². The minimum absolute atomic E-state index is 0.282. The zero-order valence-electron chi connectivity index (χ0n) is 30.9. The van der Waals surface area contributed by atoms with Crippen LogP contribution in [0.3, 0.4) is 0 Å². The summed E-state index contributed by atoms with van der Waals surface area (Å²) in [6.07, 6.45) is 11.5. The van der Waals surface area contributed by atoms with Gasteiger partial charge >= 0.3 is 0 Å². The second kappa shape index (κ2) is 20.1. The number of unbranched alkanes of at least 4 members (excludes halogenated alkanes) is 2. The number of benzene rings is 4. The molecule has 0 fully saturated rings. The highest BCUT2D eigenvalue weighted by atomic mass is 35.5. The monoisotopic (exact) mass is 824 g/mol. The number of halogens is 4. The number of hydrogen-bond acceptors (Lipinski definition) is 8. The molecule has 0 aliphatic heterocycles. The standard InChI is InChI=1S/C21H23Cl2N3O2.C20H21Cl2N3O2/c1-3-4-11-21(27-2,13-26-15-24-14-25-26)19-10-9-18(12-20(19)23)28-17-7-5-16(22)6-8-17;1-2-3-10-20(26,12-25-14-23-13-24-25)18-9-8-17(11-19(18)22)27-16-6-4-15(21)5-7-16/h5-10,12,14-15H,3-4,11,13H2,1-2H3;4-9,11,13-14,26H,2-3,10,12H2,1H3. The lowest BCUT2D eigenvalue weighted by Crippen LogP contribution is -2.34. The second-order valence-corrected chi connectivity index (χ2v) is 14.7. The van der Waals surface area contributed by atoms with Crippen LogP contribution in [0.4, 0.5) is 0 Å². The Hall–Kier alpha value is -4.16. The van der Waals surface area contributed by atoms with Crippen LogP contribution < -0.4 is 9.47 Å². The van der Waals surface area contributed by atoms with Crippen LogP contribution in [0.2, 0.25) is 20.1 Å². The molecule has 6 rings (SSSR count). The highest BCUT2D eigenvalue weighted by molar-refractivity contribution is 6.32. The molecule has 0 spiro atoms. The fourth-order valence-corrected chi connectivity index (χ4v) is 7.05. The molecule has 2 unspecified atom stereocenters. The Balaban J connectivity index is 0.000000211. The fraction of sp³-hybridized carbons (Fsp3) is 0.317. The summed E-state index contributed by atoms with van der Waals surface area (Å²) >= 11 is 25.0. The van der Waals surface area contributed by atoms with Gasteiger partial charge in [0.25, 0.3) is 0 Å². The van der Waals surface area contributed by atoms with E-state index >= 15 is 0 Å². The number of ether oxygens (including phenoxy) is 3. The minimum Gasteiger partial charge on any atom is -0.457 e. The first-order valence-electron chi connectivity index (χ1n) is 18.0. The average molecular weight is 827 g/mol. The van der Waals surface area contributed by atoms with Crippen molar-refractivity contribution in [2.75, 3.05) is 7.11 Å². The summed E-state index contributed by atoms with van der Waals surface area (Å²) in [5.41, 5.74) is -0.181. The molecule has 10 nitrogen and oxygen atoms in total. The van der Waals surface area contributed by atoms with Gasteiger partial charge in [0, 0.05) is 28.3 Å². The van der Waals surface area contributed by atoms with Gasteiger partial charge < -0.3 is 19.3 Å². The van der Waals surface area contributed by atoms with Crippen LogP contribution in [-0.4, -0.2) is 41.7 Å². The molecule has 14 heteroatoms. The molecule has 290 valence electrons. The Morgan fingerprint density at radius 3 is 1.49 bits per heavy atom. The molecule has 1 N–H and O–H groups in total. The molecule has 55 heavy (non-hydrogen) atoms. The summed E-state index contributed by atoms with van der Waals surface area (Å²) in [6.45, 7) is 5.05. The molecule has 0 saturated carbocycles. The van der Waals surface area contributed by atoms with Crippen molar-refractivity contribution in [2.24, 2.45) is 0 Å². The molecular formula is C41H44Cl4N6O4. The number of rotatable bonds is 17. The van der Waals surface area contributed by atoms with Crippen LogP contribution in [0.15, 0.2) is 110 Å². The Morgan fingerprint density at radius 2 is 1.05 bits per heavy atom. The van der Waals surface area contributed by atoms with Crippen LogP contribution in [0.25, 0.3) is 0 Å². The van der Waals surface area contributed by atoms with E-state index in [9.17, 15) is 5.11 Å². The molecular weight excluding hydrogens is 782 g/mol. The number of nitrogens with zero attached hydrogens (tertiary/aromatic N) is 6. The number of aromatic nitrogens is 6. The van der Waals surface area contributed by atoms with Gasteiger partial charge in [0.15, 0.2) is 0 Å². The molecule has 0 amide bonds. The molecule has 6 aromatic rings. The normalized spacial score (nSPS) is 13.3. The zero-order valence-corrected chi connectivity index (χ0v) is 33.9. The van der Waals surface area contributed by atoms with Crippen LogP contribution in [0, 0.1) is 0 Å². The number of aliphatic hydroxyl groups is 1. The van der Waals surface area contributed by atoms with Crippen molar-refractivity contribution >= 4 is 46.4 Å². The Kier molecular flexibility index (Phi) is 15.4. The maximum Gasteiger partial charge on any atom is 0.137 e. The first-order valence-corrected chi connectivity index (χ1v) is 19.5. The van der Waals surface area contributed by atoms with Crippen LogP contribution in [0.5, 0.6) is 23.0 Å². The van der Waals surface area contributed by atoms with Gasteiger partial charge in [-0.3, -0.25) is 0 Å². The molecule has 4 aromatic carbocycles. The van der Waals surface area contributed by atoms with Crippen molar-refractivity contribution in [3.63, 3.8) is 0 Å². The van der Waals surface area contributed by atoms with E-state index in [0.29, 0.717) is 61.6 Å². The van der Waals surface area contributed by atoms with Crippen molar-refractivity contribution in [1.29, 1.82) is 0 Å². The molecule has 0 bridgehead atoms. The van der Waals surface area contributed by atoms with Crippen molar-refractivity contribution in [2.45, 2.75) is 76.7 Å². The van der Waals surface area contributed by atoms with Gasteiger partial charge in [0.1, 0.15) is 59.5 Å². The Bertz CT molecular complexity index is 2050. The first-order chi connectivity index (χ1) is 26.6. The topological polar surface area (TPSA) is 109 Å². The smallest absolute Gasteiger partial charge is 0.137 e. The van der Waals surface area contributed by atoms with Gasteiger partial charge in [-0.15, -0.1) is 0 Å². The molecule has 2 atom stereocenters. The van der Waals surface area contributed by atoms with Crippen molar-refractivity contribution in [3.05, 3.63) is 141 Å². The highest BCUT2D eigenvalue weighted by Crippen LogP contribution is 2.40. The van der Waals surface area contributed by atoms with Gasteiger partial charge in [0.05, 0.1) is 23.1 Å². The van der Waals surface area contributed by atoms with Gasteiger partial charge in [-0.1, -0.05) is 98.1 Å². The molecule has 0 aliphatic carbocycles. The Labute approximate surface area is 341 Å². The third-order valence-corrected chi connectivity index (χ3v) is 10.1. The van der Waals surface area contributed by atoms with E-state index in [1.54, 1.807) is 83.7 Å². The average Bonchev–Trinajstić information content (AvgIpc) is 3.90. The van der Waals surface area contributed by atoms with E-state index in [4.69, 9.17) is 60.6 Å². The molecule has 2 heterocycles. The predicted octanol–water partition coefficient (Wildman–Crippen LogP) is 11.6. The molecule has 0 saturated heterocycles. The predicted molar refractivity (Wildman–Crippen MR) is 218 cm³/mol. The molecule has 0 aliphatic rings. The fourth-order valence-electron chi connectivity index (χ4n) is 6.11. The van der Waals surface area contributed by atoms with Crippen molar-refractivity contribution in [1.82, 2.24) is 29.5 Å².